The van der Waals surface area contributed by atoms with Gasteiger partial charge in [-0.15, -0.1) is 0 Å². The van der Waals surface area contributed by atoms with Crippen molar-refractivity contribution in [2.75, 3.05) is 6.54 Å². The predicted octanol–water partition coefficient (Wildman–Crippen LogP) is 1.01. The SMILES string of the molecule is O=C(O)CN1C(=O)CCC12CCCC2. The summed E-state index contributed by atoms with van der Waals surface area (Å²) in [5, 5.41) is 8.74. The van der Waals surface area contributed by atoms with Crippen molar-refractivity contribution < 1.29 is 14.7 Å². The number of aliphatic carboxylic acids is 1. The summed E-state index contributed by atoms with van der Waals surface area (Å²) in [6, 6.07) is 0. The van der Waals surface area contributed by atoms with E-state index in [1.54, 1.807) is 4.90 Å². The quantitative estimate of drug-likeness (QED) is 0.718. The summed E-state index contributed by atoms with van der Waals surface area (Å²) in [4.78, 5) is 23.8. The maximum atomic E-state index is 11.5. The largest absolute Gasteiger partial charge is 0.480 e. The Kier molecular flexibility index (Phi) is 2.21. The number of likely N-dealkylation sites (tertiary alicyclic amines) is 1. The molecule has 1 saturated carbocycles. The lowest BCUT2D eigenvalue weighted by molar-refractivity contribution is -0.145. The third-order valence-electron chi connectivity index (χ3n) is 3.51. The first-order valence-electron chi connectivity index (χ1n) is 5.16. The summed E-state index contributed by atoms with van der Waals surface area (Å²) >= 11 is 0. The molecule has 4 nitrogen and oxygen atoms in total. The molecule has 1 amide bonds. The Morgan fingerprint density at radius 1 is 1.36 bits per heavy atom. The van der Waals surface area contributed by atoms with Crippen LogP contribution in [0.4, 0.5) is 0 Å². The fourth-order valence-electron chi connectivity index (χ4n) is 2.82. The zero-order valence-electron chi connectivity index (χ0n) is 8.16. The number of rotatable bonds is 2. The summed E-state index contributed by atoms with van der Waals surface area (Å²) in [5.41, 5.74) is -0.0878. The monoisotopic (exact) mass is 197 g/mol. The van der Waals surface area contributed by atoms with E-state index < -0.39 is 5.97 Å². The number of carbonyl (C=O) groups is 2. The summed E-state index contributed by atoms with van der Waals surface area (Å²) in [5.74, 6) is -0.874. The van der Waals surface area contributed by atoms with E-state index >= 15 is 0 Å². The van der Waals surface area contributed by atoms with E-state index in [0.29, 0.717) is 6.42 Å². The van der Waals surface area contributed by atoms with Crippen LogP contribution in [0, 0.1) is 0 Å². The molecule has 2 aliphatic rings. The first kappa shape index (κ1) is 9.49. The number of amides is 1. The first-order chi connectivity index (χ1) is 6.64. The number of carbonyl (C=O) groups excluding carboxylic acids is 1. The molecule has 0 unspecified atom stereocenters. The second-order valence-corrected chi connectivity index (χ2v) is 4.31. The average molecular weight is 197 g/mol. The van der Waals surface area contributed by atoms with E-state index in [-0.39, 0.29) is 18.0 Å². The molecule has 4 heteroatoms. The Hall–Kier alpha value is -1.06. The van der Waals surface area contributed by atoms with Crippen LogP contribution in [0.1, 0.15) is 38.5 Å². The molecule has 14 heavy (non-hydrogen) atoms. The molecule has 0 aromatic heterocycles. The van der Waals surface area contributed by atoms with Crippen molar-refractivity contribution in [1.82, 2.24) is 4.90 Å². The lowest BCUT2D eigenvalue weighted by Crippen LogP contribution is -2.46. The van der Waals surface area contributed by atoms with Crippen LogP contribution in [0.15, 0.2) is 0 Å². The zero-order valence-corrected chi connectivity index (χ0v) is 8.16. The molecule has 1 aliphatic heterocycles. The Balaban J connectivity index is 2.16. The van der Waals surface area contributed by atoms with Crippen LogP contribution in [0.3, 0.4) is 0 Å². The molecule has 0 atom stereocenters. The van der Waals surface area contributed by atoms with Crippen LogP contribution < -0.4 is 0 Å². The first-order valence-corrected chi connectivity index (χ1v) is 5.16. The van der Waals surface area contributed by atoms with Crippen molar-refractivity contribution in [1.29, 1.82) is 0 Å². The van der Waals surface area contributed by atoms with Gasteiger partial charge in [0.05, 0.1) is 0 Å². The van der Waals surface area contributed by atoms with Crippen LogP contribution >= 0.6 is 0 Å². The average Bonchev–Trinajstić information content (AvgIpc) is 2.69. The van der Waals surface area contributed by atoms with Crippen molar-refractivity contribution in [3.05, 3.63) is 0 Å². The lowest BCUT2D eigenvalue weighted by atomic mass is 9.94. The molecule has 0 aromatic carbocycles. The molecule has 1 aliphatic carbocycles. The van der Waals surface area contributed by atoms with Gasteiger partial charge in [-0.2, -0.15) is 0 Å². The summed E-state index contributed by atoms with van der Waals surface area (Å²) in [6.07, 6.45) is 5.64. The molecule has 1 heterocycles. The minimum Gasteiger partial charge on any atom is -0.480 e. The van der Waals surface area contributed by atoms with E-state index in [1.807, 2.05) is 0 Å². The number of hydrogen-bond donors (Lipinski definition) is 1. The molecule has 2 fully saturated rings. The molecular formula is C10H15NO3. The molecular weight excluding hydrogens is 182 g/mol. The van der Waals surface area contributed by atoms with Crippen molar-refractivity contribution in [2.45, 2.75) is 44.1 Å². The van der Waals surface area contributed by atoms with Gasteiger partial charge in [0.1, 0.15) is 6.54 Å². The third-order valence-corrected chi connectivity index (χ3v) is 3.51. The van der Waals surface area contributed by atoms with Crippen molar-refractivity contribution in [3.8, 4) is 0 Å². The van der Waals surface area contributed by atoms with Gasteiger partial charge in [0.25, 0.3) is 0 Å². The van der Waals surface area contributed by atoms with Crippen LogP contribution in [-0.4, -0.2) is 34.0 Å². The summed E-state index contributed by atoms with van der Waals surface area (Å²) in [7, 11) is 0. The minimum atomic E-state index is -0.897. The Morgan fingerprint density at radius 2 is 2.00 bits per heavy atom. The highest BCUT2D eigenvalue weighted by molar-refractivity contribution is 5.84. The Bertz CT molecular complexity index is 269. The molecule has 1 spiro atoms. The van der Waals surface area contributed by atoms with Crippen molar-refractivity contribution in [2.24, 2.45) is 0 Å². The van der Waals surface area contributed by atoms with Crippen molar-refractivity contribution >= 4 is 11.9 Å². The highest BCUT2D eigenvalue weighted by Gasteiger charge is 2.47. The number of carboxylic acids is 1. The molecule has 78 valence electrons. The Labute approximate surface area is 82.9 Å². The van der Waals surface area contributed by atoms with Gasteiger partial charge in [-0.05, 0) is 19.3 Å². The van der Waals surface area contributed by atoms with Gasteiger partial charge in [0.15, 0.2) is 0 Å². The van der Waals surface area contributed by atoms with Gasteiger partial charge >= 0.3 is 5.97 Å². The van der Waals surface area contributed by atoms with Gasteiger partial charge in [-0.3, -0.25) is 9.59 Å². The molecule has 0 bridgehead atoms. The minimum absolute atomic E-state index is 0.0225. The van der Waals surface area contributed by atoms with Gasteiger partial charge in [-0.1, -0.05) is 12.8 Å². The molecule has 2 rings (SSSR count). The smallest absolute Gasteiger partial charge is 0.323 e. The molecule has 0 radical (unpaired) electrons. The third kappa shape index (κ3) is 1.38. The van der Waals surface area contributed by atoms with Crippen LogP contribution in [0.2, 0.25) is 0 Å². The number of carboxylic acid groups (broad SMARTS) is 1. The van der Waals surface area contributed by atoms with Crippen LogP contribution in [0.25, 0.3) is 0 Å². The maximum Gasteiger partial charge on any atom is 0.323 e. The normalized spacial score (nSPS) is 24.9. The fourth-order valence-corrected chi connectivity index (χ4v) is 2.82. The second kappa shape index (κ2) is 3.26. The molecule has 0 aromatic rings. The van der Waals surface area contributed by atoms with Gasteiger partial charge in [0, 0.05) is 12.0 Å². The van der Waals surface area contributed by atoms with Gasteiger partial charge < -0.3 is 10.0 Å². The Morgan fingerprint density at radius 3 is 2.57 bits per heavy atom. The molecule has 1 saturated heterocycles. The van der Waals surface area contributed by atoms with E-state index in [2.05, 4.69) is 0 Å². The van der Waals surface area contributed by atoms with E-state index in [0.717, 1.165) is 32.1 Å². The standard InChI is InChI=1S/C10H15NO3/c12-8-3-6-10(4-1-2-5-10)11(8)7-9(13)14/h1-7H2,(H,13,14). The topological polar surface area (TPSA) is 57.6 Å². The van der Waals surface area contributed by atoms with Crippen LogP contribution in [0.5, 0.6) is 0 Å². The van der Waals surface area contributed by atoms with Crippen LogP contribution in [-0.2, 0) is 9.59 Å². The highest BCUT2D eigenvalue weighted by Crippen LogP contribution is 2.43. The molecule has 1 N–H and O–H groups in total. The van der Waals surface area contributed by atoms with E-state index in [4.69, 9.17) is 5.11 Å². The lowest BCUT2D eigenvalue weighted by Gasteiger charge is -2.33. The predicted molar refractivity (Wildman–Crippen MR) is 49.8 cm³/mol. The summed E-state index contributed by atoms with van der Waals surface area (Å²) in [6.45, 7) is -0.112. The summed E-state index contributed by atoms with van der Waals surface area (Å²) < 4.78 is 0. The van der Waals surface area contributed by atoms with E-state index in [1.165, 1.54) is 0 Å². The van der Waals surface area contributed by atoms with E-state index in [9.17, 15) is 9.59 Å². The number of hydrogen-bond acceptors (Lipinski definition) is 2. The zero-order chi connectivity index (χ0) is 10.2. The van der Waals surface area contributed by atoms with Crippen molar-refractivity contribution in [3.63, 3.8) is 0 Å². The van der Waals surface area contributed by atoms with Gasteiger partial charge in [0.2, 0.25) is 5.91 Å². The maximum absolute atomic E-state index is 11.5. The second-order valence-electron chi connectivity index (χ2n) is 4.31. The van der Waals surface area contributed by atoms with Gasteiger partial charge in [-0.25, -0.2) is 0 Å². The highest BCUT2D eigenvalue weighted by atomic mass is 16.4. The fraction of sp³-hybridized carbons (Fsp3) is 0.800. The number of nitrogens with zero attached hydrogens (tertiary/aromatic N) is 1.